The van der Waals surface area contributed by atoms with Gasteiger partial charge in [0.05, 0.1) is 0 Å². The van der Waals surface area contributed by atoms with Gasteiger partial charge in [0, 0.05) is 0 Å². The Balaban J connectivity index is 0.000000250. The summed E-state index contributed by atoms with van der Waals surface area (Å²) in [5.41, 5.74) is 0. The van der Waals surface area contributed by atoms with Crippen molar-refractivity contribution in [2.75, 3.05) is 0 Å². The van der Waals surface area contributed by atoms with E-state index in [4.69, 9.17) is 0 Å². The van der Waals surface area contributed by atoms with Crippen LogP contribution in [0.4, 0.5) is 0 Å². The van der Waals surface area contributed by atoms with E-state index in [-0.39, 0.29) is 17.1 Å². The maximum atomic E-state index is 2.88. The second-order valence-corrected chi connectivity index (χ2v) is 1.50. The van der Waals surface area contributed by atoms with Gasteiger partial charge in [-0.2, -0.15) is 5.38 Å². The number of rotatable bonds is 0. The zero-order chi connectivity index (χ0) is 3.54. The summed E-state index contributed by atoms with van der Waals surface area (Å²) in [5.74, 6) is 0. The largest absolute Gasteiger partial charge is 1.00 e. The van der Waals surface area contributed by atoms with E-state index in [0.717, 1.165) is 0 Å². The van der Waals surface area contributed by atoms with Gasteiger partial charge >= 0.3 is 17.1 Å². The zero-order valence-electron chi connectivity index (χ0n) is 2.94. The second kappa shape index (κ2) is 3.41. The Morgan fingerprint density at radius 1 is 1.50 bits per heavy atom. The molecule has 0 amide bonds. The third-order valence-corrected chi connectivity index (χ3v) is 0.944. The van der Waals surface area contributed by atoms with E-state index in [0.29, 0.717) is 0 Å². The molecule has 36 valence electrons. The summed E-state index contributed by atoms with van der Waals surface area (Å²) < 4.78 is 0. The van der Waals surface area contributed by atoms with Gasteiger partial charge in [-0.05, 0) is 0 Å². The van der Waals surface area contributed by atoms with Crippen LogP contribution in [-0.4, -0.2) is 0 Å². The molecule has 1 aromatic rings. The van der Waals surface area contributed by atoms with Crippen LogP contribution in [0.1, 0.15) is 0 Å². The molecule has 2 heteroatoms. The molecule has 0 saturated heterocycles. The fraction of sp³-hybridized carbons (Fsp3) is 0. The van der Waals surface area contributed by atoms with Gasteiger partial charge < -0.3 is 0 Å². The minimum Gasteiger partial charge on any atom is -0.273 e. The van der Waals surface area contributed by atoms with Crippen LogP contribution in [-0.2, 0) is 17.1 Å². The first-order valence-electron chi connectivity index (χ1n) is 1.38. The van der Waals surface area contributed by atoms with Crippen molar-refractivity contribution < 1.29 is 17.1 Å². The van der Waals surface area contributed by atoms with Crippen molar-refractivity contribution in [3.05, 3.63) is 22.9 Å². The SMILES string of the molecule is [Cu+].[c-]1ccsc1. The molecule has 0 bridgehead atoms. The summed E-state index contributed by atoms with van der Waals surface area (Å²) in [4.78, 5) is 0. The smallest absolute Gasteiger partial charge is 0.273 e. The second-order valence-electron chi connectivity index (χ2n) is 0.723. The normalized spacial score (nSPS) is 6.67. The molecule has 0 atom stereocenters. The number of hydrogen-bond acceptors (Lipinski definition) is 1. The van der Waals surface area contributed by atoms with Crippen molar-refractivity contribution in [2.45, 2.75) is 0 Å². The monoisotopic (exact) mass is 146 g/mol. The third kappa shape index (κ3) is 1.61. The molecule has 0 fully saturated rings. The molecule has 0 saturated carbocycles. The molecular weight excluding hydrogens is 144 g/mol. The maximum absolute atomic E-state index is 2.88. The zero-order valence-corrected chi connectivity index (χ0v) is 4.70. The third-order valence-electron chi connectivity index (χ3n) is 0.379. The quantitative estimate of drug-likeness (QED) is 0.385. The van der Waals surface area contributed by atoms with Crippen LogP contribution < -0.4 is 0 Å². The summed E-state index contributed by atoms with van der Waals surface area (Å²) in [7, 11) is 0. The standard InChI is InChI=1S/C4H3S.Cu/c1-2-4-5-3-1;/h1,3-4H;/q-1;+1. The summed E-state index contributed by atoms with van der Waals surface area (Å²) in [5, 5.41) is 3.90. The van der Waals surface area contributed by atoms with Crippen molar-refractivity contribution in [3.8, 4) is 0 Å². The van der Waals surface area contributed by atoms with E-state index < -0.39 is 0 Å². The average Bonchev–Trinajstić information content (AvgIpc) is 1.76. The van der Waals surface area contributed by atoms with E-state index in [1.54, 1.807) is 11.3 Å². The van der Waals surface area contributed by atoms with Gasteiger partial charge in [-0.3, -0.25) is 11.3 Å². The van der Waals surface area contributed by atoms with Crippen LogP contribution in [0, 0.1) is 6.07 Å². The molecule has 0 N–H and O–H groups in total. The van der Waals surface area contributed by atoms with Crippen LogP contribution in [0.3, 0.4) is 0 Å². The van der Waals surface area contributed by atoms with Gasteiger partial charge in [-0.25, -0.2) is 12.1 Å². The van der Waals surface area contributed by atoms with Crippen LogP contribution in [0.15, 0.2) is 16.8 Å². The molecule has 1 heterocycles. The van der Waals surface area contributed by atoms with Crippen LogP contribution in [0.2, 0.25) is 0 Å². The summed E-state index contributed by atoms with van der Waals surface area (Å²) in [6, 6.07) is 4.77. The van der Waals surface area contributed by atoms with E-state index in [1.807, 2.05) is 16.8 Å². The molecular formula is C4H3CuS. The molecule has 0 aliphatic heterocycles. The van der Waals surface area contributed by atoms with Crippen molar-refractivity contribution in [3.63, 3.8) is 0 Å². The van der Waals surface area contributed by atoms with E-state index >= 15 is 0 Å². The molecule has 0 nitrogen and oxygen atoms in total. The molecule has 0 spiro atoms. The van der Waals surface area contributed by atoms with Gasteiger partial charge in [0.15, 0.2) is 0 Å². The van der Waals surface area contributed by atoms with E-state index in [2.05, 4.69) is 6.07 Å². The summed E-state index contributed by atoms with van der Waals surface area (Å²) in [6.45, 7) is 0. The topological polar surface area (TPSA) is 0 Å². The van der Waals surface area contributed by atoms with Gasteiger partial charge in [0.2, 0.25) is 0 Å². The Kier molecular flexibility index (Phi) is 3.54. The molecule has 0 aliphatic rings. The molecule has 1 aromatic heterocycles. The Morgan fingerprint density at radius 3 is 2.50 bits per heavy atom. The van der Waals surface area contributed by atoms with Crippen molar-refractivity contribution in [2.24, 2.45) is 0 Å². The van der Waals surface area contributed by atoms with E-state index in [9.17, 15) is 0 Å². The van der Waals surface area contributed by atoms with Crippen LogP contribution in [0.25, 0.3) is 0 Å². The fourth-order valence-electron chi connectivity index (χ4n) is 0.196. The van der Waals surface area contributed by atoms with Crippen molar-refractivity contribution in [1.82, 2.24) is 0 Å². The van der Waals surface area contributed by atoms with Gasteiger partial charge in [0.1, 0.15) is 0 Å². The predicted molar refractivity (Wildman–Crippen MR) is 23.2 cm³/mol. The predicted octanol–water partition coefficient (Wildman–Crippen LogP) is 1.55. The van der Waals surface area contributed by atoms with Crippen LogP contribution >= 0.6 is 11.3 Å². The Labute approximate surface area is 51.7 Å². The molecule has 0 aromatic carbocycles. The summed E-state index contributed by atoms with van der Waals surface area (Å²) >= 11 is 1.66. The number of hydrogen-bond donors (Lipinski definition) is 0. The first-order valence-corrected chi connectivity index (χ1v) is 2.32. The summed E-state index contributed by atoms with van der Waals surface area (Å²) in [6.07, 6.45) is 0. The van der Waals surface area contributed by atoms with Crippen molar-refractivity contribution in [1.29, 1.82) is 0 Å². The average molecular weight is 147 g/mol. The molecule has 6 heavy (non-hydrogen) atoms. The molecule has 0 radical (unpaired) electrons. The minimum absolute atomic E-state index is 0. The van der Waals surface area contributed by atoms with Crippen LogP contribution in [0.5, 0.6) is 0 Å². The Bertz CT molecular complexity index is 64.0. The maximum Gasteiger partial charge on any atom is 1.00 e. The minimum atomic E-state index is 0. The van der Waals surface area contributed by atoms with Crippen molar-refractivity contribution >= 4 is 11.3 Å². The van der Waals surface area contributed by atoms with E-state index in [1.165, 1.54) is 0 Å². The van der Waals surface area contributed by atoms with Gasteiger partial charge in [-0.15, -0.1) is 5.38 Å². The Hall–Kier alpha value is 0.219. The first kappa shape index (κ1) is 6.22. The molecule has 0 unspecified atom stereocenters. The molecule has 1 rings (SSSR count). The molecule has 0 aliphatic carbocycles. The fourth-order valence-corrected chi connectivity index (χ4v) is 0.589. The first-order chi connectivity index (χ1) is 2.50. The number of thiophene rings is 1. The van der Waals surface area contributed by atoms with Gasteiger partial charge in [-0.1, -0.05) is 0 Å². The van der Waals surface area contributed by atoms with Gasteiger partial charge in [0.25, 0.3) is 0 Å². The Morgan fingerprint density at radius 2 is 2.33 bits per heavy atom.